The lowest BCUT2D eigenvalue weighted by Gasteiger charge is -2.50. The molecule has 1 fully saturated rings. The minimum Gasteiger partial charge on any atom is -0.481 e. The van der Waals surface area contributed by atoms with Crippen LogP contribution in [0.1, 0.15) is 26.0 Å². The number of nitrogens with zero attached hydrogens (tertiary/aromatic N) is 5. The maximum Gasteiger partial charge on any atom is 0.418 e. The standard InChI is InChI=1S/C20H28N8O10S2/c1-20(2)15(17(30)28(20)38-40(33,34)35)24-16(29)14(12-10-39-19(22)23-12)25-37-13(18(31)32)9-36-11-7-26(3)27(8-11)6-4-5-21/h7-8,10,13,15H,4-6,9,21H2,1-3H3,(H4-,22,23,24,29,31,32,33,34,35)/p+1/b25-14-/t13-,15?/m0/s1. The molecule has 1 aliphatic heterocycles. The maximum absolute atomic E-state index is 13.1. The number of thiazole rings is 1. The molecule has 0 bridgehead atoms. The van der Waals surface area contributed by atoms with E-state index < -0.39 is 58.2 Å². The number of hydroxylamine groups is 2. The summed E-state index contributed by atoms with van der Waals surface area (Å²) in [6.07, 6.45) is 2.35. The number of nitrogen functional groups attached to an aromatic ring is 1. The SMILES string of the molecule is C[n+]1cc(OC[C@H](O/N=C(\C(=O)NC2C(=O)N(OS(=O)(=O)O)C2(C)C)c2csc(N)n2)C(=O)O)cn1CCCN. The van der Waals surface area contributed by atoms with Crippen LogP contribution in [-0.2, 0) is 47.5 Å². The van der Waals surface area contributed by atoms with Crippen molar-refractivity contribution in [3.05, 3.63) is 23.5 Å². The predicted octanol–water partition coefficient (Wildman–Crippen LogP) is -2.21. The number of carbonyl (C=O) groups excluding carboxylic acids is 2. The molecule has 20 heteroatoms. The molecule has 0 saturated carbocycles. The van der Waals surface area contributed by atoms with E-state index >= 15 is 0 Å². The van der Waals surface area contributed by atoms with Gasteiger partial charge >= 0.3 is 16.4 Å². The smallest absolute Gasteiger partial charge is 0.418 e. The van der Waals surface area contributed by atoms with Gasteiger partial charge in [0, 0.05) is 5.38 Å². The Bertz CT molecular complexity index is 1400. The zero-order valence-electron chi connectivity index (χ0n) is 21.6. The zero-order valence-corrected chi connectivity index (χ0v) is 23.2. The van der Waals surface area contributed by atoms with E-state index in [9.17, 15) is 27.9 Å². The van der Waals surface area contributed by atoms with Crippen LogP contribution < -0.4 is 26.2 Å². The van der Waals surface area contributed by atoms with Crippen molar-refractivity contribution in [2.24, 2.45) is 17.9 Å². The Morgan fingerprint density at radius 2 is 2.10 bits per heavy atom. The topological polar surface area (TPSA) is 255 Å². The lowest BCUT2D eigenvalue weighted by molar-refractivity contribution is -0.753. The number of aliphatic carboxylic acids is 1. The van der Waals surface area contributed by atoms with Crippen LogP contribution in [0.4, 0.5) is 5.13 Å². The van der Waals surface area contributed by atoms with Crippen molar-refractivity contribution in [1.29, 1.82) is 0 Å². The fourth-order valence-corrected chi connectivity index (χ4v) is 4.54. The average molecular weight is 606 g/mol. The Hall–Kier alpha value is -3.85. The molecule has 18 nitrogen and oxygen atoms in total. The number of hydrogen-bond acceptors (Lipinski definition) is 13. The van der Waals surface area contributed by atoms with E-state index in [2.05, 4.69) is 19.7 Å². The Morgan fingerprint density at radius 3 is 2.65 bits per heavy atom. The van der Waals surface area contributed by atoms with Crippen LogP contribution in [0.5, 0.6) is 5.75 Å². The third kappa shape index (κ3) is 7.21. The van der Waals surface area contributed by atoms with Crippen LogP contribution in [0.15, 0.2) is 22.9 Å². The van der Waals surface area contributed by atoms with Gasteiger partial charge < -0.3 is 31.5 Å². The number of oxime groups is 1. The van der Waals surface area contributed by atoms with Gasteiger partial charge in [-0.1, -0.05) is 5.16 Å². The molecular weight excluding hydrogens is 576 g/mol. The van der Waals surface area contributed by atoms with E-state index in [0.29, 0.717) is 23.9 Å². The molecule has 1 unspecified atom stereocenters. The van der Waals surface area contributed by atoms with Crippen LogP contribution in [-0.4, -0.2) is 87.1 Å². The Balaban J connectivity index is 1.75. The van der Waals surface area contributed by atoms with Gasteiger partial charge in [-0.15, -0.1) is 20.3 Å². The summed E-state index contributed by atoms with van der Waals surface area (Å²) in [6.45, 7) is 3.35. The fourth-order valence-electron chi connectivity index (χ4n) is 3.53. The summed E-state index contributed by atoms with van der Waals surface area (Å²) >= 11 is 0.960. The summed E-state index contributed by atoms with van der Waals surface area (Å²) in [5, 5.41) is 17.4. The van der Waals surface area contributed by atoms with Gasteiger partial charge in [-0.3, -0.25) is 14.1 Å². The molecule has 1 saturated heterocycles. The van der Waals surface area contributed by atoms with Crippen molar-refractivity contribution in [1.82, 2.24) is 20.0 Å². The number of aryl methyl sites for hydroxylation is 2. The van der Waals surface area contributed by atoms with Crippen LogP contribution in [0.3, 0.4) is 0 Å². The lowest BCUT2D eigenvalue weighted by atomic mass is 9.84. The number of nitrogens with two attached hydrogens (primary N) is 2. The number of aromatic nitrogens is 3. The zero-order chi connectivity index (χ0) is 29.8. The molecule has 0 spiro atoms. The van der Waals surface area contributed by atoms with Crippen molar-refractivity contribution < 1.29 is 51.0 Å². The summed E-state index contributed by atoms with van der Waals surface area (Å²) in [6, 6.07) is -1.31. The summed E-state index contributed by atoms with van der Waals surface area (Å²) in [5.74, 6) is -3.10. The number of β-lactam (4-membered cyclic amide) rings is 1. The molecule has 2 atom stereocenters. The number of anilines is 1. The highest BCUT2D eigenvalue weighted by Gasteiger charge is 2.58. The molecule has 3 rings (SSSR count). The molecule has 0 aliphatic carbocycles. The monoisotopic (exact) mass is 605 g/mol. The van der Waals surface area contributed by atoms with Gasteiger partial charge in [-0.25, -0.2) is 9.78 Å². The summed E-state index contributed by atoms with van der Waals surface area (Å²) in [7, 11) is -3.23. The first kappa shape index (κ1) is 30.7. The third-order valence-corrected chi connectivity index (χ3v) is 6.65. The van der Waals surface area contributed by atoms with Gasteiger partial charge in [0.25, 0.3) is 17.9 Å². The number of carboxylic acid groups (broad SMARTS) is 1. The quantitative estimate of drug-likeness (QED) is 0.0504. The van der Waals surface area contributed by atoms with E-state index in [1.54, 1.807) is 24.1 Å². The molecule has 2 aromatic heterocycles. The highest BCUT2D eigenvalue weighted by Crippen LogP contribution is 2.33. The van der Waals surface area contributed by atoms with E-state index in [0.717, 1.165) is 17.8 Å². The normalized spacial score (nSPS) is 17.7. The number of rotatable bonds is 14. The van der Waals surface area contributed by atoms with Gasteiger partial charge in [0.05, 0.1) is 12.1 Å². The fraction of sp³-hybridized carbons (Fsp3) is 0.500. The molecule has 2 amide bonds. The highest BCUT2D eigenvalue weighted by molar-refractivity contribution is 7.80. The second-order valence-electron chi connectivity index (χ2n) is 8.99. The third-order valence-electron chi connectivity index (χ3n) is 5.64. The Morgan fingerprint density at radius 1 is 1.40 bits per heavy atom. The van der Waals surface area contributed by atoms with Crippen LogP contribution >= 0.6 is 11.3 Å². The first-order valence-corrected chi connectivity index (χ1v) is 13.8. The van der Waals surface area contributed by atoms with Crippen LogP contribution in [0, 0.1) is 0 Å². The molecule has 220 valence electrons. The first-order valence-electron chi connectivity index (χ1n) is 11.5. The van der Waals surface area contributed by atoms with Gasteiger partial charge in [-0.05, 0) is 26.8 Å². The van der Waals surface area contributed by atoms with E-state index in [4.69, 9.17) is 25.6 Å². The van der Waals surface area contributed by atoms with Gasteiger partial charge in [0.1, 0.15) is 24.5 Å². The predicted molar refractivity (Wildman–Crippen MR) is 136 cm³/mol. The maximum atomic E-state index is 13.1. The van der Waals surface area contributed by atoms with Crippen molar-refractivity contribution in [2.45, 2.75) is 44.5 Å². The number of carboxylic acids is 1. The number of amides is 2. The second kappa shape index (κ2) is 12.1. The Kier molecular flexibility index (Phi) is 9.30. The van der Waals surface area contributed by atoms with Crippen LogP contribution in [0.2, 0.25) is 0 Å². The Labute approximate surface area is 232 Å². The molecule has 3 heterocycles. The van der Waals surface area contributed by atoms with Crippen molar-refractivity contribution in [3.63, 3.8) is 0 Å². The van der Waals surface area contributed by atoms with E-state index in [1.165, 1.54) is 19.2 Å². The molecule has 2 aromatic rings. The summed E-state index contributed by atoms with van der Waals surface area (Å²) < 4.78 is 44.3. The number of hydrogen-bond donors (Lipinski definition) is 5. The first-order chi connectivity index (χ1) is 18.6. The molecule has 7 N–H and O–H groups in total. The molecule has 0 radical (unpaired) electrons. The minimum absolute atomic E-state index is 0.0633. The number of carbonyl (C=O) groups is 3. The van der Waals surface area contributed by atoms with Crippen molar-refractivity contribution in [3.8, 4) is 5.75 Å². The second-order valence-corrected chi connectivity index (χ2v) is 10.9. The largest absolute Gasteiger partial charge is 0.481 e. The molecule has 1 aliphatic rings. The van der Waals surface area contributed by atoms with Crippen molar-refractivity contribution >= 4 is 50.4 Å². The minimum atomic E-state index is -5.00. The van der Waals surface area contributed by atoms with Gasteiger partial charge in [0.15, 0.2) is 17.9 Å². The molecule has 40 heavy (non-hydrogen) atoms. The molecular formula is C20H29N8O10S2+. The summed E-state index contributed by atoms with van der Waals surface area (Å²) in [4.78, 5) is 46.4. The van der Waals surface area contributed by atoms with Gasteiger partial charge in [0.2, 0.25) is 11.9 Å². The number of nitrogens with one attached hydrogen (secondary N) is 1. The summed E-state index contributed by atoms with van der Waals surface area (Å²) in [5.41, 5.74) is 9.18. The van der Waals surface area contributed by atoms with Gasteiger partial charge in [-0.2, -0.15) is 18.2 Å². The average Bonchev–Trinajstić information content (AvgIpc) is 3.45. The highest BCUT2D eigenvalue weighted by atomic mass is 32.3. The van der Waals surface area contributed by atoms with Crippen LogP contribution in [0.25, 0.3) is 0 Å². The number of ether oxygens (including phenoxy) is 1. The van der Waals surface area contributed by atoms with Crippen molar-refractivity contribution in [2.75, 3.05) is 18.9 Å². The van der Waals surface area contributed by atoms with E-state index in [1.807, 2.05) is 4.68 Å². The van der Waals surface area contributed by atoms with E-state index in [-0.39, 0.29) is 10.8 Å². The molecule has 0 aromatic carbocycles. The lowest BCUT2D eigenvalue weighted by Crippen LogP contribution is -2.76.